The van der Waals surface area contributed by atoms with Crippen molar-refractivity contribution >= 4 is 43.9 Å². The summed E-state index contributed by atoms with van der Waals surface area (Å²) >= 11 is 0. The number of para-hydroxylation sites is 1. The number of hydrogen-bond donors (Lipinski definition) is 0. The van der Waals surface area contributed by atoms with Crippen LogP contribution in [-0.2, 0) is 0 Å². The predicted molar refractivity (Wildman–Crippen MR) is 234 cm³/mol. The van der Waals surface area contributed by atoms with Gasteiger partial charge in [-0.2, -0.15) is 0 Å². The van der Waals surface area contributed by atoms with Gasteiger partial charge in [0, 0.05) is 27.7 Å². The average Bonchev–Trinajstić information content (AvgIpc) is 3.82. The van der Waals surface area contributed by atoms with Crippen molar-refractivity contribution in [2.24, 2.45) is 0 Å². The van der Waals surface area contributed by atoms with Gasteiger partial charge in [0.25, 0.3) is 0 Å². The third-order valence-electron chi connectivity index (χ3n) is 11.2. The summed E-state index contributed by atoms with van der Waals surface area (Å²) < 4.78 is 9.25. The van der Waals surface area contributed by atoms with Gasteiger partial charge in [0.15, 0.2) is 11.5 Å². The third kappa shape index (κ3) is 5.60. The molecular weight excluding hydrogens is 683 g/mol. The van der Waals surface area contributed by atoms with Crippen molar-refractivity contribution in [2.45, 2.75) is 39.5 Å². The van der Waals surface area contributed by atoms with Crippen LogP contribution in [0.2, 0.25) is 0 Å². The minimum Gasteiger partial charge on any atom is -0.455 e. The van der Waals surface area contributed by atoms with Crippen LogP contribution >= 0.6 is 0 Å². The normalized spacial score (nSPS) is 11.9. The van der Waals surface area contributed by atoms with Crippen LogP contribution in [0.4, 0.5) is 0 Å². The zero-order valence-electron chi connectivity index (χ0n) is 32.0. The molecule has 0 aliphatic heterocycles. The zero-order valence-corrected chi connectivity index (χ0v) is 32.0. The Morgan fingerprint density at radius 1 is 0.500 bits per heavy atom. The Labute approximate surface area is 326 Å². The fourth-order valence-corrected chi connectivity index (χ4v) is 8.32. The van der Waals surface area contributed by atoms with Crippen molar-refractivity contribution in [1.82, 2.24) is 14.5 Å². The van der Waals surface area contributed by atoms with Crippen LogP contribution in [0.5, 0.6) is 0 Å². The minimum absolute atomic E-state index is 0.235. The molecule has 0 N–H and O–H groups in total. The molecular formula is C52H41N3O. The second-order valence-electron chi connectivity index (χ2n) is 15.4. The fraction of sp³-hybridized carbons (Fsp3) is 0.115. The Kier molecular flexibility index (Phi) is 8.14. The maximum absolute atomic E-state index is 6.93. The molecule has 3 heterocycles. The molecule has 0 saturated carbocycles. The highest BCUT2D eigenvalue weighted by molar-refractivity contribution is 6.11. The third-order valence-corrected chi connectivity index (χ3v) is 11.2. The summed E-state index contributed by atoms with van der Waals surface area (Å²) in [5, 5.41) is 4.29. The van der Waals surface area contributed by atoms with Crippen LogP contribution in [0, 0.1) is 0 Å². The van der Waals surface area contributed by atoms with Gasteiger partial charge in [-0.05, 0) is 86.7 Å². The van der Waals surface area contributed by atoms with Gasteiger partial charge in [-0.15, -0.1) is 0 Å². The predicted octanol–water partition coefficient (Wildman–Crippen LogP) is 14.4. The van der Waals surface area contributed by atoms with E-state index in [9.17, 15) is 0 Å². The quantitative estimate of drug-likeness (QED) is 0.164. The number of fused-ring (bicyclic) bond motifs is 6. The minimum atomic E-state index is 0.235. The molecule has 10 rings (SSSR count). The lowest BCUT2D eigenvalue weighted by molar-refractivity contribution is 0.669. The summed E-state index contributed by atoms with van der Waals surface area (Å²) in [5.41, 5.74) is 15.1. The molecule has 0 amide bonds. The Hall–Kier alpha value is -6.78. The first-order chi connectivity index (χ1) is 27.4. The summed E-state index contributed by atoms with van der Waals surface area (Å²) in [6.45, 7) is 9.14. The maximum atomic E-state index is 6.93. The summed E-state index contributed by atoms with van der Waals surface area (Å²) in [7, 11) is 0. The van der Waals surface area contributed by atoms with Crippen LogP contribution < -0.4 is 0 Å². The lowest BCUT2D eigenvalue weighted by Gasteiger charge is -2.24. The largest absolute Gasteiger partial charge is 0.455 e. The Morgan fingerprint density at radius 3 is 1.75 bits per heavy atom. The average molecular weight is 724 g/mol. The lowest BCUT2D eigenvalue weighted by atomic mass is 9.88. The van der Waals surface area contributed by atoms with Gasteiger partial charge >= 0.3 is 0 Å². The van der Waals surface area contributed by atoms with Gasteiger partial charge in [-0.3, -0.25) is 4.57 Å². The summed E-state index contributed by atoms with van der Waals surface area (Å²) in [4.78, 5) is 10.7. The SMILES string of the molecule is CC(C)c1cc(-c2ccccc2)cc(C(C)C)c1-n1c(-c2cccc3c2oc2cc(-c4ccc(-c5ccccc5)cc4)ccc23)nc2c3ccccc3cnc21. The van der Waals surface area contributed by atoms with Crippen LogP contribution in [0.25, 0.3) is 94.3 Å². The van der Waals surface area contributed by atoms with Gasteiger partial charge < -0.3 is 4.42 Å². The van der Waals surface area contributed by atoms with Crippen molar-refractivity contribution in [3.63, 3.8) is 0 Å². The highest BCUT2D eigenvalue weighted by Crippen LogP contribution is 2.43. The molecule has 3 aromatic heterocycles. The van der Waals surface area contributed by atoms with Crippen LogP contribution in [0.15, 0.2) is 168 Å². The van der Waals surface area contributed by atoms with Crippen molar-refractivity contribution in [1.29, 1.82) is 0 Å². The van der Waals surface area contributed by atoms with Gasteiger partial charge in [0.05, 0.1) is 11.3 Å². The summed E-state index contributed by atoms with van der Waals surface area (Å²) in [5.74, 6) is 1.29. The molecule has 0 unspecified atom stereocenters. The van der Waals surface area contributed by atoms with Crippen molar-refractivity contribution in [2.75, 3.05) is 0 Å². The number of furan rings is 1. The molecule has 0 aliphatic rings. The second-order valence-corrected chi connectivity index (χ2v) is 15.4. The zero-order chi connectivity index (χ0) is 37.9. The number of rotatable bonds is 7. The van der Waals surface area contributed by atoms with Gasteiger partial charge in [0.2, 0.25) is 0 Å². The van der Waals surface area contributed by atoms with Gasteiger partial charge in [0.1, 0.15) is 16.7 Å². The van der Waals surface area contributed by atoms with E-state index in [4.69, 9.17) is 14.4 Å². The van der Waals surface area contributed by atoms with Crippen LogP contribution in [-0.4, -0.2) is 14.5 Å². The first kappa shape index (κ1) is 33.8. The molecule has 0 spiro atoms. The number of aromatic nitrogens is 3. The van der Waals surface area contributed by atoms with E-state index in [2.05, 4.69) is 190 Å². The number of hydrogen-bond acceptors (Lipinski definition) is 3. The van der Waals surface area contributed by atoms with Crippen LogP contribution in [0.3, 0.4) is 0 Å². The standard InChI is InChI=1S/C52H41N3O/c1-32(2)45-28-40(35-16-9-6-10-17-35)29-46(33(3)4)49(45)55-51(54-48-41-19-12-11-18-39(41)31-53-52(48)55)44-21-13-20-43-42-27-26-38(30-47(42)56-50(43)44)37-24-22-36(23-25-37)34-14-7-5-8-15-34/h5-33H,1-4H3. The fourth-order valence-electron chi connectivity index (χ4n) is 8.32. The van der Waals surface area contributed by atoms with E-state index in [0.717, 1.165) is 72.1 Å². The van der Waals surface area contributed by atoms with E-state index >= 15 is 0 Å². The molecule has 4 heteroatoms. The topological polar surface area (TPSA) is 43.9 Å². The Morgan fingerprint density at radius 2 is 1.07 bits per heavy atom. The smallest absolute Gasteiger partial charge is 0.165 e. The van der Waals surface area contributed by atoms with Crippen molar-refractivity contribution in [3.05, 3.63) is 175 Å². The Balaban J connectivity index is 1.21. The highest BCUT2D eigenvalue weighted by atomic mass is 16.3. The van der Waals surface area contributed by atoms with E-state index in [1.54, 1.807) is 0 Å². The first-order valence-electron chi connectivity index (χ1n) is 19.5. The van der Waals surface area contributed by atoms with E-state index in [0.29, 0.717) is 0 Å². The molecule has 0 radical (unpaired) electrons. The molecule has 56 heavy (non-hydrogen) atoms. The monoisotopic (exact) mass is 723 g/mol. The lowest BCUT2D eigenvalue weighted by Crippen LogP contribution is -2.10. The molecule has 0 saturated heterocycles. The number of benzene rings is 7. The molecule has 0 aliphatic carbocycles. The summed E-state index contributed by atoms with van der Waals surface area (Å²) in [6.07, 6.45) is 1.98. The van der Waals surface area contributed by atoms with E-state index in [-0.39, 0.29) is 11.8 Å². The van der Waals surface area contributed by atoms with Gasteiger partial charge in [-0.25, -0.2) is 9.97 Å². The molecule has 0 bridgehead atoms. The molecule has 0 fully saturated rings. The summed E-state index contributed by atoms with van der Waals surface area (Å²) in [6, 6.07) is 56.1. The van der Waals surface area contributed by atoms with Crippen molar-refractivity contribution < 1.29 is 4.42 Å². The Bertz CT molecular complexity index is 3030. The number of nitrogens with zero attached hydrogens (tertiary/aromatic N) is 3. The van der Waals surface area contributed by atoms with Crippen LogP contribution in [0.1, 0.15) is 50.7 Å². The van der Waals surface area contributed by atoms with Gasteiger partial charge in [-0.1, -0.05) is 155 Å². The van der Waals surface area contributed by atoms with E-state index in [1.165, 1.54) is 33.4 Å². The molecule has 270 valence electrons. The van der Waals surface area contributed by atoms with Crippen molar-refractivity contribution in [3.8, 4) is 50.5 Å². The van der Waals surface area contributed by atoms with E-state index < -0.39 is 0 Å². The first-order valence-corrected chi connectivity index (χ1v) is 19.5. The number of imidazole rings is 1. The molecule has 4 nitrogen and oxygen atoms in total. The maximum Gasteiger partial charge on any atom is 0.165 e. The molecule has 7 aromatic carbocycles. The molecule has 10 aromatic rings. The van der Waals surface area contributed by atoms with E-state index in [1.807, 2.05) is 6.20 Å². The number of pyridine rings is 1. The molecule has 0 atom stereocenters. The highest BCUT2D eigenvalue weighted by Gasteiger charge is 2.27. The second kappa shape index (κ2) is 13.5.